The third kappa shape index (κ3) is 4.22. The predicted octanol–water partition coefficient (Wildman–Crippen LogP) is 13.0. The molecule has 9 aromatic rings. The third-order valence-electron chi connectivity index (χ3n) is 11.0. The Morgan fingerprint density at radius 1 is 0.367 bits per heavy atom. The van der Waals surface area contributed by atoms with Crippen molar-refractivity contribution in [1.82, 2.24) is 4.98 Å². The Balaban J connectivity index is 1.12. The molecule has 0 fully saturated rings. The monoisotopic (exact) mass is 623 g/mol. The summed E-state index contributed by atoms with van der Waals surface area (Å²) in [6, 6.07) is 56.5. The van der Waals surface area contributed by atoms with Crippen molar-refractivity contribution >= 4 is 32.3 Å². The van der Waals surface area contributed by atoms with Gasteiger partial charge in [0.15, 0.2) is 0 Å². The zero-order valence-corrected chi connectivity index (χ0v) is 27.5. The Kier molecular flexibility index (Phi) is 5.99. The highest BCUT2D eigenvalue weighted by atomic mass is 14.6. The summed E-state index contributed by atoms with van der Waals surface area (Å²) >= 11 is 0. The van der Waals surface area contributed by atoms with Crippen molar-refractivity contribution in [2.45, 2.75) is 19.3 Å². The van der Waals surface area contributed by atoms with Gasteiger partial charge < -0.3 is 0 Å². The van der Waals surface area contributed by atoms with E-state index < -0.39 is 0 Å². The minimum Gasteiger partial charge on any atom is -0.265 e. The summed E-state index contributed by atoms with van der Waals surface area (Å²) in [5, 5.41) is 7.82. The maximum absolute atomic E-state index is 4.20. The lowest BCUT2D eigenvalue weighted by Crippen LogP contribution is -2.14. The molecule has 0 bridgehead atoms. The highest BCUT2D eigenvalue weighted by Gasteiger charge is 2.35. The van der Waals surface area contributed by atoms with Crippen LogP contribution in [0.25, 0.3) is 88.0 Å². The number of hydrogen-bond donors (Lipinski definition) is 0. The molecule has 1 aliphatic carbocycles. The standard InChI is InChI=1S/C48H33N/c1-48(2)44-9-4-3-8-38(44)39-21-20-37(28-45(39)48)31-12-16-34(17-13-31)43-29-42(33-14-10-30(11-15-33)32-24-26-49-27-25-32)40-22-18-35-6-5-7-36-19-23-41(43)47(40)46(35)36/h3-29H,1-2H3. The van der Waals surface area contributed by atoms with E-state index >= 15 is 0 Å². The minimum absolute atomic E-state index is 0.0174. The van der Waals surface area contributed by atoms with Gasteiger partial charge in [0.2, 0.25) is 0 Å². The lowest BCUT2D eigenvalue weighted by Gasteiger charge is -2.22. The maximum Gasteiger partial charge on any atom is 0.0273 e. The molecule has 1 heterocycles. The molecule has 10 rings (SSSR count). The molecule has 1 aromatic heterocycles. The van der Waals surface area contributed by atoms with Gasteiger partial charge in [-0.3, -0.25) is 4.98 Å². The summed E-state index contributed by atoms with van der Waals surface area (Å²) in [6.07, 6.45) is 3.71. The average molecular weight is 624 g/mol. The van der Waals surface area contributed by atoms with Gasteiger partial charge in [0.05, 0.1) is 0 Å². The van der Waals surface area contributed by atoms with E-state index in [1.165, 1.54) is 99.1 Å². The fourth-order valence-electron chi connectivity index (χ4n) is 8.42. The van der Waals surface area contributed by atoms with Gasteiger partial charge in [-0.05, 0) is 123 Å². The second-order valence-corrected chi connectivity index (χ2v) is 14.0. The van der Waals surface area contributed by atoms with E-state index in [0.717, 1.165) is 0 Å². The van der Waals surface area contributed by atoms with Gasteiger partial charge in [-0.1, -0.05) is 141 Å². The number of pyridine rings is 1. The van der Waals surface area contributed by atoms with Crippen LogP contribution in [0.3, 0.4) is 0 Å². The first-order chi connectivity index (χ1) is 24.0. The van der Waals surface area contributed by atoms with E-state index in [1.54, 1.807) is 0 Å². The summed E-state index contributed by atoms with van der Waals surface area (Å²) in [6.45, 7) is 4.70. The normalized spacial score (nSPS) is 13.3. The largest absolute Gasteiger partial charge is 0.265 e. The molecule has 0 saturated heterocycles. The SMILES string of the molecule is CC1(C)c2ccccc2-c2ccc(-c3ccc(-c4cc(-c5ccc(-c6ccncc6)cc5)c5ccc6cccc7ccc4c5c67)cc3)cc21. The summed E-state index contributed by atoms with van der Waals surface area (Å²) in [4.78, 5) is 4.20. The van der Waals surface area contributed by atoms with Gasteiger partial charge in [0, 0.05) is 17.8 Å². The molecule has 0 aliphatic heterocycles. The topological polar surface area (TPSA) is 12.9 Å². The molecule has 0 saturated carbocycles. The van der Waals surface area contributed by atoms with E-state index in [1.807, 2.05) is 12.4 Å². The summed E-state index contributed by atoms with van der Waals surface area (Å²) in [5.41, 5.74) is 15.3. The second kappa shape index (κ2) is 10.5. The van der Waals surface area contributed by atoms with Crippen LogP contribution in [0.2, 0.25) is 0 Å². The smallest absolute Gasteiger partial charge is 0.0273 e. The number of aromatic nitrogens is 1. The fourth-order valence-corrected chi connectivity index (χ4v) is 8.42. The molecule has 1 aliphatic rings. The molecule has 1 heteroatoms. The maximum atomic E-state index is 4.20. The van der Waals surface area contributed by atoms with Crippen LogP contribution in [-0.4, -0.2) is 4.98 Å². The van der Waals surface area contributed by atoms with Crippen molar-refractivity contribution in [3.63, 3.8) is 0 Å². The molecule has 49 heavy (non-hydrogen) atoms. The number of hydrogen-bond acceptors (Lipinski definition) is 1. The molecule has 0 N–H and O–H groups in total. The molecule has 230 valence electrons. The quantitative estimate of drug-likeness (QED) is 0.178. The minimum atomic E-state index is -0.0174. The first-order valence-electron chi connectivity index (χ1n) is 17.1. The molecule has 0 amide bonds. The van der Waals surface area contributed by atoms with Gasteiger partial charge in [-0.2, -0.15) is 0 Å². The van der Waals surface area contributed by atoms with Crippen molar-refractivity contribution in [2.75, 3.05) is 0 Å². The molecule has 0 radical (unpaired) electrons. The van der Waals surface area contributed by atoms with Crippen LogP contribution in [0.5, 0.6) is 0 Å². The highest BCUT2D eigenvalue weighted by Crippen LogP contribution is 2.50. The van der Waals surface area contributed by atoms with Crippen LogP contribution in [0, 0.1) is 0 Å². The van der Waals surface area contributed by atoms with Crippen molar-refractivity contribution in [2.24, 2.45) is 0 Å². The predicted molar refractivity (Wildman–Crippen MR) is 207 cm³/mol. The summed E-state index contributed by atoms with van der Waals surface area (Å²) in [7, 11) is 0. The first-order valence-corrected chi connectivity index (χ1v) is 17.1. The van der Waals surface area contributed by atoms with Crippen molar-refractivity contribution in [3.05, 3.63) is 175 Å². The van der Waals surface area contributed by atoms with E-state index in [0.29, 0.717) is 0 Å². The van der Waals surface area contributed by atoms with Gasteiger partial charge >= 0.3 is 0 Å². The number of nitrogens with zero attached hydrogens (tertiary/aromatic N) is 1. The van der Waals surface area contributed by atoms with Gasteiger partial charge in [0.1, 0.15) is 0 Å². The van der Waals surface area contributed by atoms with Gasteiger partial charge in [-0.15, -0.1) is 0 Å². The average Bonchev–Trinajstić information content (AvgIpc) is 3.39. The molecule has 0 spiro atoms. The first kappa shape index (κ1) is 28.0. The molecule has 1 nitrogen and oxygen atoms in total. The second-order valence-electron chi connectivity index (χ2n) is 14.0. The van der Waals surface area contributed by atoms with E-state index in [4.69, 9.17) is 0 Å². The zero-order valence-electron chi connectivity index (χ0n) is 27.5. The van der Waals surface area contributed by atoms with Gasteiger partial charge in [0.25, 0.3) is 0 Å². The Hall–Kier alpha value is -6.05. The highest BCUT2D eigenvalue weighted by molar-refractivity contribution is 6.28. The zero-order chi connectivity index (χ0) is 32.7. The third-order valence-corrected chi connectivity index (χ3v) is 11.0. The van der Waals surface area contributed by atoms with Crippen molar-refractivity contribution < 1.29 is 0 Å². The molecular formula is C48H33N. The van der Waals surface area contributed by atoms with Crippen LogP contribution >= 0.6 is 0 Å². The van der Waals surface area contributed by atoms with Crippen LogP contribution in [0.4, 0.5) is 0 Å². The lowest BCUT2D eigenvalue weighted by atomic mass is 9.81. The number of fused-ring (bicyclic) bond motifs is 3. The summed E-state index contributed by atoms with van der Waals surface area (Å²) < 4.78 is 0. The number of benzene rings is 8. The molecule has 8 aromatic carbocycles. The molecular weight excluding hydrogens is 591 g/mol. The van der Waals surface area contributed by atoms with Crippen molar-refractivity contribution in [1.29, 1.82) is 0 Å². The van der Waals surface area contributed by atoms with E-state index in [2.05, 4.69) is 170 Å². The van der Waals surface area contributed by atoms with Crippen LogP contribution in [0.1, 0.15) is 25.0 Å². The van der Waals surface area contributed by atoms with E-state index in [-0.39, 0.29) is 5.41 Å². The Bertz CT molecular complexity index is 2680. The van der Waals surface area contributed by atoms with E-state index in [9.17, 15) is 0 Å². The van der Waals surface area contributed by atoms with Crippen LogP contribution in [-0.2, 0) is 5.41 Å². The molecule has 0 unspecified atom stereocenters. The lowest BCUT2D eigenvalue weighted by molar-refractivity contribution is 0.660. The van der Waals surface area contributed by atoms with Crippen LogP contribution < -0.4 is 0 Å². The van der Waals surface area contributed by atoms with Gasteiger partial charge in [-0.25, -0.2) is 0 Å². The Morgan fingerprint density at radius 2 is 0.898 bits per heavy atom. The van der Waals surface area contributed by atoms with Crippen molar-refractivity contribution in [3.8, 4) is 55.6 Å². The Labute approximate surface area is 286 Å². The number of rotatable bonds is 4. The van der Waals surface area contributed by atoms with Crippen LogP contribution in [0.15, 0.2) is 164 Å². The fraction of sp³-hybridized carbons (Fsp3) is 0.0625. The summed E-state index contributed by atoms with van der Waals surface area (Å²) in [5.74, 6) is 0. The molecule has 0 atom stereocenters. The Morgan fingerprint density at radius 3 is 1.55 bits per heavy atom.